The molecule has 0 radical (unpaired) electrons. The molecule has 0 aliphatic heterocycles. The fourth-order valence-electron chi connectivity index (χ4n) is 1.63. The Labute approximate surface area is 113 Å². The van der Waals surface area contributed by atoms with Crippen LogP contribution in [0.2, 0.25) is 14.8 Å². The third kappa shape index (κ3) is 3.61. The molecule has 0 atom stereocenters. The summed E-state index contributed by atoms with van der Waals surface area (Å²) in [7, 11) is 1.64. The maximum absolute atomic E-state index is 9.23. The van der Waals surface area contributed by atoms with Gasteiger partial charge in [0, 0.05) is 0 Å². The van der Waals surface area contributed by atoms with Crippen molar-refractivity contribution in [3.8, 4) is 11.8 Å². The van der Waals surface area contributed by atoms with Crippen molar-refractivity contribution in [2.75, 3.05) is 7.05 Å². The van der Waals surface area contributed by atoms with Gasteiger partial charge in [-0.2, -0.15) is 0 Å². The van der Waals surface area contributed by atoms with E-state index in [2.05, 4.69) is 32.5 Å². The normalized spacial score (nSPS) is 11.8. The van der Waals surface area contributed by atoms with Crippen molar-refractivity contribution >= 4 is 27.9 Å². The van der Waals surface area contributed by atoms with E-state index in [1.807, 2.05) is 12.1 Å². The van der Waals surface area contributed by atoms with Gasteiger partial charge >= 0.3 is 113 Å². The van der Waals surface area contributed by atoms with E-state index in [1.54, 1.807) is 19.2 Å². The van der Waals surface area contributed by atoms with E-state index in [1.165, 1.54) is 3.58 Å². The molecule has 0 unspecified atom stereocenters. The molecule has 0 bridgehead atoms. The maximum atomic E-state index is 9.23. The van der Waals surface area contributed by atoms with Gasteiger partial charge in [-0.3, -0.25) is 0 Å². The molecule has 4 heteroatoms. The van der Waals surface area contributed by atoms with E-state index in [4.69, 9.17) is 4.74 Å². The summed E-state index contributed by atoms with van der Waals surface area (Å²) in [6, 6.07) is 7.95. The molecule has 3 nitrogen and oxygen atoms in total. The zero-order chi connectivity index (χ0) is 13.8. The predicted octanol–water partition coefficient (Wildman–Crippen LogP) is 2.70. The molecule has 0 N–H and O–H groups in total. The van der Waals surface area contributed by atoms with Crippen molar-refractivity contribution < 1.29 is 4.74 Å². The Bertz CT molecular complexity index is 522. The summed E-state index contributed by atoms with van der Waals surface area (Å²) in [4.78, 5) is 10.8. The fraction of sp³-hybridized carbons (Fsp3) is 0.286. The van der Waals surface area contributed by atoms with Gasteiger partial charge in [0.1, 0.15) is 0 Å². The van der Waals surface area contributed by atoms with Crippen LogP contribution >= 0.6 is 0 Å². The summed E-state index contributed by atoms with van der Waals surface area (Å²) in [6.07, 6.45) is 1.54. The third-order valence-electron chi connectivity index (χ3n) is 2.54. The summed E-state index contributed by atoms with van der Waals surface area (Å²) >= 11 is -2.24. The van der Waals surface area contributed by atoms with Crippen LogP contribution in [-0.4, -0.2) is 31.3 Å². The van der Waals surface area contributed by atoms with Gasteiger partial charge in [0.15, 0.2) is 0 Å². The molecular weight excluding hydrogens is 331 g/mol. The quantitative estimate of drug-likeness (QED) is 0.479. The van der Waals surface area contributed by atoms with E-state index >= 15 is 0 Å². The molecule has 0 aliphatic carbocycles. The summed E-state index contributed by atoms with van der Waals surface area (Å²) in [6.45, 7) is 3.62. The van der Waals surface area contributed by atoms with Crippen LogP contribution in [0.4, 0.5) is 0 Å². The molecular formula is C14H18N2OSn. The van der Waals surface area contributed by atoms with Gasteiger partial charge in [-0.1, -0.05) is 0 Å². The first-order valence-corrected chi connectivity index (χ1v) is 15.7. The number of hydrogen-bond donors (Lipinski definition) is 0. The summed E-state index contributed by atoms with van der Waals surface area (Å²) in [5, 5.41) is 9.23. The minimum atomic E-state index is -2.24. The van der Waals surface area contributed by atoms with Gasteiger partial charge < -0.3 is 0 Å². The molecule has 94 valence electrons. The molecule has 1 aromatic carbocycles. The average molecular weight is 349 g/mol. The van der Waals surface area contributed by atoms with E-state index in [0.29, 0.717) is 11.6 Å². The fourth-order valence-corrected chi connectivity index (χ4v) is 5.97. The van der Waals surface area contributed by atoms with E-state index in [-0.39, 0.29) is 0 Å². The van der Waals surface area contributed by atoms with Gasteiger partial charge in [-0.25, -0.2) is 0 Å². The first kappa shape index (κ1) is 14.8. The predicted molar refractivity (Wildman–Crippen MR) is 78.3 cm³/mol. The van der Waals surface area contributed by atoms with Gasteiger partial charge in [-0.15, -0.1) is 0 Å². The van der Waals surface area contributed by atoms with Crippen molar-refractivity contribution in [3.63, 3.8) is 0 Å². The molecule has 0 saturated heterocycles. The zero-order valence-corrected chi connectivity index (χ0v) is 14.2. The molecule has 0 aliphatic rings. The van der Waals surface area contributed by atoms with Crippen LogP contribution in [-0.2, 0) is 0 Å². The van der Waals surface area contributed by atoms with Crippen LogP contribution in [0.3, 0.4) is 0 Å². The number of nitriles is 1. The Kier molecular flexibility index (Phi) is 4.97. The first-order valence-electron chi connectivity index (χ1n) is 5.74. The first-order chi connectivity index (χ1) is 8.42. The number of aliphatic imine (C=N–C) groups is 1. The minimum absolute atomic E-state index is 0.450. The Morgan fingerprint density at radius 3 is 2.56 bits per heavy atom. The topological polar surface area (TPSA) is 45.4 Å². The second-order valence-electron chi connectivity index (χ2n) is 4.94. The zero-order valence-electron chi connectivity index (χ0n) is 11.3. The molecule has 0 heterocycles. The number of rotatable bonds is 3. The summed E-state index contributed by atoms with van der Waals surface area (Å²) in [5.41, 5.74) is 0.718. The monoisotopic (exact) mass is 350 g/mol. The van der Waals surface area contributed by atoms with Gasteiger partial charge in [-0.05, 0) is 0 Å². The molecule has 1 rings (SSSR count). The SMILES string of the molecule is C=CC(=NC)Oc1cc[c]([Sn]([CH3])([CH3])[CH3])c(C#N)c1. The van der Waals surface area contributed by atoms with Gasteiger partial charge in [0.2, 0.25) is 0 Å². The molecule has 0 saturated carbocycles. The molecule has 0 spiro atoms. The molecule has 18 heavy (non-hydrogen) atoms. The standard InChI is InChI=1S/C11H9N2O.3CH3.Sn/c1-3-11(13-2)14-10-6-4-5-9(7-10)8-12;;;;/h3-4,6-7H,1H2,2H3;3*1H3;. The molecule has 1 aromatic rings. The molecule has 0 fully saturated rings. The van der Waals surface area contributed by atoms with Crippen molar-refractivity contribution in [3.05, 3.63) is 36.4 Å². The van der Waals surface area contributed by atoms with Crippen LogP contribution in [0.5, 0.6) is 5.75 Å². The number of benzene rings is 1. The van der Waals surface area contributed by atoms with Crippen LogP contribution in [0, 0.1) is 11.3 Å². The van der Waals surface area contributed by atoms with Gasteiger partial charge in [0.25, 0.3) is 0 Å². The van der Waals surface area contributed by atoms with Gasteiger partial charge in [0.05, 0.1) is 0 Å². The van der Waals surface area contributed by atoms with Crippen LogP contribution < -0.4 is 8.32 Å². The van der Waals surface area contributed by atoms with E-state index in [0.717, 1.165) is 5.56 Å². The second-order valence-corrected chi connectivity index (χ2v) is 19.3. The van der Waals surface area contributed by atoms with Crippen LogP contribution in [0.15, 0.2) is 35.8 Å². The average Bonchev–Trinajstić information content (AvgIpc) is 2.34. The summed E-state index contributed by atoms with van der Waals surface area (Å²) < 4.78 is 6.74. The number of nitrogens with zero attached hydrogens (tertiary/aromatic N) is 2. The Balaban J connectivity index is 3.15. The third-order valence-corrected chi connectivity index (χ3v) is 8.39. The Morgan fingerprint density at radius 1 is 1.44 bits per heavy atom. The summed E-state index contributed by atoms with van der Waals surface area (Å²) in [5.74, 6) is 1.08. The Morgan fingerprint density at radius 2 is 2.11 bits per heavy atom. The van der Waals surface area contributed by atoms with E-state index in [9.17, 15) is 5.26 Å². The van der Waals surface area contributed by atoms with Crippen molar-refractivity contribution in [2.45, 2.75) is 14.8 Å². The number of ether oxygens (including phenoxy) is 1. The van der Waals surface area contributed by atoms with Crippen molar-refractivity contribution in [1.82, 2.24) is 0 Å². The van der Waals surface area contributed by atoms with Crippen molar-refractivity contribution in [1.29, 1.82) is 5.26 Å². The molecule has 0 amide bonds. The number of hydrogen-bond acceptors (Lipinski definition) is 3. The van der Waals surface area contributed by atoms with E-state index < -0.39 is 18.4 Å². The van der Waals surface area contributed by atoms with Crippen LogP contribution in [0.25, 0.3) is 0 Å². The second kappa shape index (κ2) is 6.05. The Hall–Kier alpha value is -1.28. The van der Waals surface area contributed by atoms with Crippen molar-refractivity contribution in [2.24, 2.45) is 4.99 Å². The molecule has 0 aromatic heterocycles. The van der Waals surface area contributed by atoms with Crippen LogP contribution in [0.1, 0.15) is 5.56 Å².